The van der Waals surface area contributed by atoms with Crippen LogP contribution >= 0.6 is 0 Å². The summed E-state index contributed by atoms with van der Waals surface area (Å²) in [5.41, 5.74) is 0.982. The average Bonchev–Trinajstić information content (AvgIpc) is 3.23. The van der Waals surface area contributed by atoms with Crippen molar-refractivity contribution in [2.24, 2.45) is 0 Å². The largest absolute Gasteiger partial charge is 0.351 e. The van der Waals surface area contributed by atoms with Crippen LogP contribution in [0, 0.1) is 5.82 Å². The van der Waals surface area contributed by atoms with E-state index in [1.807, 2.05) is 43.5 Å². The van der Waals surface area contributed by atoms with Gasteiger partial charge in [0.2, 0.25) is 0 Å². The number of hydrogen-bond donors (Lipinski definition) is 1. The molecule has 1 N–H and O–H groups in total. The van der Waals surface area contributed by atoms with Gasteiger partial charge in [0.05, 0.1) is 11.9 Å². The van der Waals surface area contributed by atoms with Gasteiger partial charge in [-0.1, -0.05) is 6.07 Å². The second kappa shape index (κ2) is 7.31. The van der Waals surface area contributed by atoms with Gasteiger partial charge in [0, 0.05) is 25.5 Å². The number of rotatable bonds is 6. The molecule has 2 heterocycles. The maximum atomic E-state index is 13.6. The Morgan fingerprint density at radius 3 is 2.68 bits per heavy atom. The second-order valence-electron chi connectivity index (χ2n) is 5.92. The molecule has 0 saturated heterocycles. The van der Waals surface area contributed by atoms with E-state index >= 15 is 0 Å². The zero-order valence-corrected chi connectivity index (χ0v) is 14.2. The molecule has 25 heavy (non-hydrogen) atoms. The van der Waals surface area contributed by atoms with Crippen LogP contribution < -0.4 is 5.32 Å². The number of halogens is 1. The fourth-order valence-electron chi connectivity index (χ4n) is 2.51. The third-order valence-electron chi connectivity index (χ3n) is 3.73. The number of amides is 1. The summed E-state index contributed by atoms with van der Waals surface area (Å²) in [7, 11) is 3.89. The molecule has 3 rings (SSSR count). The number of carbonyl (C=O) groups is 1. The summed E-state index contributed by atoms with van der Waals surface area (Å²) in [5, 5.41) is 7.19. The Kier molecular flexibility index (Phi) is 4.95. The molecule has 0 fully saturated rings. The Morgan fingerprint density at radius 1 is 1.24 bits per heavy atom. The van der Waals surface area contributed by atoms with Gasteiger partial charge in [-0.2, -0.15) is 5.10 Å². The summed E-state index contributed by atoms with van der Waals surface area (Å²) in [5.74, 6) is -0.00500. The highest BCUT2D eigenvalue weighted by atomic mass is 19.1. The molecule has 3 aromatic rings. The van der Waals surface area contributed by atoms with Gasteiger partial charge in [0.15, 0.2) is 5.82 Å². The van der Waals surface area contributed by atoms with E-state index in [1.165, 1.54) is 18.3 Å². The summed E-state index contributed by atoms with van der Waals surface area (Å²) in [6, 6.07) is 9.83. The van der Waals surface area contributed by atoms with E-state index in [0.717, 1.165) is 6.54 Å². The lowest BCUT2D eigenvalue weighted by atomic mass is 10.2. The SMILES string of the molecule is CN(C)CCNC(=O)c1cnn(-c2cccc(F)c2)c1-n1cccc1. The van der Waals surface area contributed by atoms with E-state index < -0.39 is 0 Å². The lowest BCUT2D eigenvalue weighted by Gasteiger charge is -2.12. The van der Waals surface area contributed by atoms with Crippen LogP contribution in [0.5, 0.6) is 0 Å². The van der Waals surface area contributed by atoms with E-state index in [1.54, 1.807) is 21.4 Å². The number of likely N-dealkylation sites (N-methyl/N-ethyl adjacent to an activating group) is 1. The van der Waals surface area contributed by atoms with Crippen LogP contribution in [0.3, 0.4) is 0 Å². The van der Waals surface area contributed by atoms with Crippen LogP contribution in [0.15, 0.2) is 55.0 Å². The minimum atomic E-state index is -0.358. The molecule has 0 aliphatic heterocycles. The average molecular weight is 341 g/mol. The lowest BCUT2D eigenvalue weighted by Crippen LogP contribution is -2.31. The molecule has 0 aliphatic rings. The van der Waals surface area contributed by atoms with Gasteiger partial charge in [-0.05, 0) is 44.4 Å². The molecule has 0 aliphatic carbocycles. The molecular formula is C18H20FN5O. The fourth-order valence-corrected chi connectivity index (χ4v) is 2.51. The molecule has 130 valence electrons. The van der Waals surface area contributed by atoms with Crippen molar-refractivity contribution in [2.45, 2.75) is 0 Å². The van der Waals surface area contributed by atoms with E-state index in [-0.39, 0.29) is 11.7 Å². The molecule has 0 bridgehead atoms. The minimum absolute atomic E-state index is 0.215. The quantitative estimate of drug-likeness (QED) is 0.747. The molecule has 1 aromatic carbocycles. The highest BCUT2D eigenvalue weighted by Crippen LogP contribution is 2.20. The van der Waals surface area contributed by atoms with E-state index in [2.05, 4.69) is 10.4 Å². The van der Waals surface area contributed by atoms with Crippen molar-refractivity contribution in [1.82, 2.24) is 24.6 Å². The number of benzene rings is 1. The molecular weight excluding hydrogens is 321 g/mol. The molecule has 2 aromatic heterocycles. The Balaban J connectivity index is 1.98. The first-order chi connectivity index (χ1) is 12.1. The molecule has 0 unspecified atom stereocenters. The summed E-state index contributed by atoms with van der Waals surface area (Å²) >= 11 is 0. The maximum absolute atomic E-state index is 13.6. The lowest BCUT2D eigenvalue weighted by molar-refractivity contribution is 0.0951. The smallest absolute Gasteiger partial charge is 0.256 e. The van der Waals surface area contributed by atoms with Gasteiger partial charge in [0.1, 0.15) is 11.4 Å². The predicted molar refractivity (Wildman–Crippen MR) is 93.7 cm³/mol. The van der Waals surface area contributed by atoms with Crippen molar-refractivity contribution in [3.63, 3.8) is 0 Å². The van der Waals surface area contributed by atoms with Gasteiger partial charge in [0.25, 0.3) is 5.91 Å². The molecule has 0 saturated carbocycles. The van der Waals surface area contributed by atoms with E-state index in [0.29, 0.717) is 23.6 Å². The van der Waals surface area contributed by atoms with Crippen molar-refractivity contribution < 1.29 is 9.18 Å². The first-order valence-electron chi connectivity index (χ1n) is 7.96. The normalized spacial score (nSPS) is 11.0. The standard InChI is InChI=1S/C18H20FN5O/c1-22(2)11-8-20-17(25)16-13-21-24(15-7-5-6-14(19)12-15)18(16)23-9-3-4-10-23/h3-7,9-10,12-13H,8,11H2,1-2H3,(H,20,25). The Hall–Kier alpha value is -2.93. The zero-order chi connectivity index (χ0) is 17.8. The molecule has 7 heteroatoms. The topological polar surface area (TPSA) is 55.1 Å². The number of nitrogens with zero attached hydrogens (tertiary/aromatic N) is 4. The van der Waals surface area contributed by atoms with Gasteiger partial charge in [-0.3, -0.25) is 4.79 Å². The molecule has 0 radical (unpaired) electrons. The Labute approximate surface area is 145 Å². The Morgan fingerprint density at radius 2 is 2.00 bits per heavy atom. The third-order valence-corrected chi connectivity index (χ3v) is 3.73. The van der Waals surface area contributed by atoms with Gasteiger partial charge in [-0.25, -0.2) is 9.07 Å². The molecule has 0 spiro atoms. The van der Waals surface area contributed by atoms with Crippen molar-refractivity contribution in [3.05, 3.63) is 66.4 Å². The first kappa shape index (κ1) is 16.9. The zero-order valence-electron chi connectivity index (χ0n) is 14.2. The highest BCUT2D eigenvalue weighted by molar-refractivity contribution is 5.97. The van der Waals surface area contributed by atoms with Crippen molar-refractivity contribution in [1.29, 1.82) is 0 Å². The van der Waals surface area contributed by atoms with Crippen molar-refractivity contribution >= 4 is 5.91 Å². The van der Waals surface area contributed by atoms with Crippen LogP contribution in [0.4, 0.5) is 4.39 Å². The minimum Gasteiger partial charge on any atom is -0.351 e. The predicted octanol–water partition coefficient (Wildman–Crippen LogP) is 2.09. The van der Waals surface area contributed by atoms with Crippen LogP contribution in [0.25, 0.3) is 11.5 Å². The van der Waals surface area contributed by atoms with Crippen LogP contribution in [-0.4, -0.2) is 52.3 Å². The third kappa shape index (κ3) is 3.77. The second-order valence-corrected chi connectivity index (χ2v) is 5.92. The maximum Gasteiger partial charge on any atom is 0.256 e. The number of aromatic nitrogens is 3. The van der Waals surface area contributed by atoms with Gasteiger partial charge >= 0.3 is 0 Å². The summed E-state index contributed by atoms with van der Waals surface area (Å²) < 4.78 is 17.0. The van der Waals surface area contributed by atoms with Crippen LogP contribution in [0.1, 0.15) is 10.4 Å². The summed E-state index contributed by atoms with van der Waals surface area (Å²) in [6.45, 7) is 1.27. The highest BCUT2D eigenvalue weighted by Gasteiger charge is 2.19. The molecule has 0 atom stereocenters. The fraction of sp³-hybridized carbons (Fsp3) is 0.222. The number of hydrogen-bond acceptors (Lipinski definition) is 3. The summed E-state index contributed by atoms with van der Waals surface area (Å²) in [4.78, 5) is 14.6. The van der Waals surface area contributed by atoms with Crippen molar-refractivity contribution in [3.8, 4) is 11.5 Å². The van der Waals surface area contributed by atoms with Gasteiger partial charge in [-0.15, -0.1) is 0 Å². The molecule has 1 amide bonds. The summed E-state index contributed by atoms with van der Waals surface area (Å²) in [6.07, 6.45) is 5.15. The van der Waals surface area contributed by atoms with Crippen LogP contribution in [-0.2, 0) is 0 Å². The van der Waals surface area contributed by atoms with Crippen molar-refractivity contribution in [2.75, 3.05) is 27.2 Å². The Bertz CT molecular complexity index is 854. The number of carbonyl (C=O) groups excluding carboxylic acids is 1. The van der Waals surface area contributed by atoms with E-state index in [9.17, 15) is 9.18 Å². The number of nitrogens with one attached hydrogen (secondary N) is 1. The molecule has 6 nitrogen and oxygen atoms in total. The first-order valence-corrected chi connectivity index (χ1v) is 7.96. The van der Waals surface area contributed by atoms with E-state index in [4.69, 9.17) is 0 Å². The van der Waals surface area contributed by atoms with Gasteiger partial charge < -0.3 is 14.8 Å². The van der Waals surface area contributed by atoms with Crippen LogP contribution in [0.2, 0.25) is 0 Å². The monoisotopic (exact) mass is 341 g/mol.